The van der Waals surface area contributed by atoms with Crippen LogP contribution in [-0.4, -0.2) is 16.3 Å². The molecule has 0 saturated heterocycles. The number of hydrogen-bond donors (Lipinski definition) is 1. The highest BCUT2D eigenvalue weighted by Crippen LogP contribution is 2.31. The van der Waals surface area contributed by atoms with E-state index in [2.05, 4.69) is 9.98 Å². The number of hydrogen-bond acceptors (Lipinski definition) is 4. The van der Waals surface area contributed by atoms with Crippen molar-refractivity contribution in [2.24, 2.45) is 4.99 Å². The Balaban J connectivity index is 1.69. The largest absolute Gasteiger partial charge is 0.507 e. The van der Waals surface area contributed by atoms with Crippen molar-refractivity contribution in [2.75, 3.05) is 0 Å². The number of rotatable bonds is 3. The Labute approximate surface area is 168 Å². The number of nitrogens with zero attached hydrogens (tertiary/aromatic N) is 2. The molecule has 0 aliphatic rings. The van der Waals surface area contributed by atoms with Crippen molar-refractivity contribution in [3.05, 3.63) is 75.8 Å². The highest BCUT2D eigenvalue weighted by Gasteiger charge is 2.11. The van der Waals surface area contributed by atoms with Crippen LogP contribution in [0.4, 0.5) is 5.69 Å². The van der Waals surface area contributed by atoms with E-state index >= 15 is 0 Å². The predicted molar refractivity (Wildman–Crippen MR) is 114 cm³/mol. The Kier molecular flexibility index (Phi) is 4.65. The van der Waals surface area contributed by atoms with Crippen LogP contribution in [0.5, 0.6) is 5.75 Å². The van der Waals surface area contributed by atoms with E-state index in [0.29, 0.717) is 16.5 Å². The van der Waals surface area contributed by atoms with Crippen molar-refractivity contribution in [3.63, 3.8) is 0 Å². The molecule has 4 aromatic rings. The van der Waals surface area contributed by atoms with E-state index in [1.54, 1.807) is 12.3 Å². The maximum absolute atomic E-state index is 10.2. The van der Waals surface area contributed by atoms with Gasteiger partial charge >= 0.3 is 0 Å². The molecule has 4 nitrogen and oxygen atoms in total. The van der Waals surface area contributed by atoms with E-state index in [4.69, 9.17) is 16.0 Å². The Hall–Kier alpha value is -3.11. The van der Waals surface area contributed by atoms with Crippen LogP contribution in [0, 0.1) is 20.8 Å². The minimum atomic E-state index is 0.161. The lowest BCUT2D eigenvalue weighted by Crippen LogP contribution is -1.92. The van der Waals surface area contributed by atoms with Gasteiger partial charge in [0.1, 0.15) is 11.3 Å². The molecule has 0 aliphatic carbocycles. The number of benzene rings is 3. The monoisotopic (exact) mass is 390 g/mol. The fourth-order valence-corrected chi connectivity index (χ4v) is 3.29. The summed E-state index contributed by atoms with van der Waals surface area (Å²) >= 11 is 6.30. The van der Waals surface area contributed by atoms with Gasteiger partial charge in [-0.25, -0.2) is 4.98 Å². The van der Waals surface area contributed by atoms with Crippen LogP contribution in [0.2, 0.25) is 5.02 Å². The molecule has 3 aromatic carbocycles. The quantitative estimate of drug-likeness (QED) is 0.404. The number of aryl methyl sites for hydroxylation is 2. The molecule has 0 bridgehead atoms. The van der Waals surface area contributed by atoms with Gasteiger partial charge in [0, 0.05) is 22.4 Å². The zero-order valence-electron chi connectivity index (χ0n) is 15.8. The SMILES string of the molecule is Cc1ccc2oc(-c3cccc(N=Cc4c(O)cc(C)c(Cl)c4C)c3)nc2c1. The molecule has 0 amide bonds. The highest BCUT2D eigenvalue weighted by atomic mass is 35.5. The second kappa shape index (κ2) is 7.13. The summed E-state index contributed by atoms with van der Waals surface area (Å²) < 4.78 is 5.87. The van der Waals surface area contributed by atoms with Crippen molar-refractivity contribution in [1.82, 2.24) is 4.98 Å². The summed E-state index contributed by atoms with van der Waals surface area (Å²) in [6.07, 6.45) is 1.63. The molecule has 1 heterocycles. The van der Waals surface area contributed by atoms with E-state index in [0.717, 1.165) is 39.0 Å². The number of phenolic OH excluding ortho intramolecular Hbond substituents is 1. The van der Waals surface area contributed by atoms with Crippen LogP contribution in [0.25, 0.3) is 22.6 Å². The second-order valence-electron chi connectivity index (χ2n) is 6.86. The molecule has 4 rings (SSSR count). The fourth-order valence-electron chi connectivity index (χ4n) is 3.13. The van der Waals surface area contributed by atoms with Crippen LogP contribution >= 0.6 is 11.6 Å². The predicted octanol–water partition coefficient (Wildman–Crippen LogP) is 6.53. The van der Waals surface area contributed by atoms with Gasteiger partial charge in [-0.1, -0.05) is 23.7 Å². The average Bonchev–Trinajstić information content (AvgIpc) is 3.09. The molecule has 0 spiro atoms. The van der Waals surface area contributed by atoms with Gasteiger partial charge in [0.15, 0.2) is 5.58 Å². The Morgan fingerprint density at radius 2 is 1.89 bits per heavy atom. The zero-order valence-corrected chi connectivity index (χ0v) is 16.6. The van der Waals surface area contributed by atoms with Crippen molar-refractivity contribution in [1.29, 1.82) is 0 Å². The van der Waals surface area contributed by atoms with E-state index in [9.17, 15) is 5.11 Å². The number of fused-ring (bicyclic) bond motifs is 1. The first-order valence-corrected chi connectivity index (χ1v) is 9.30. The van der Waals surface area contributed by atoms with Gasteiger partial charge in [0.25, 0.3) is 0 Å². The van der Waals surface area contributed by atoms with Crippen LogP contribution in [-0.2, 0) is 0 Å². The average molecular weight is 391 g/mol. The molecule has 0 unspecified atom stereocenters. The normalized spacial score (nSPS) is 11.6. The molecule has 5 heteroatoms. The number of halogens is 1. The molecule has 0 radical (unpaired) electrons. The summed E-state index contributed by atoms with van der Waals surface area (Å²) in [6, 6.07) is 15.2. The van der Waals surface area contributed by atoms with Gasteiger partial charge in [0.05, 0.1) is 5.69 Å². The lowest BCUT2D eigenvalue weighted by atomic mass is 10.0. The zero-order chi connectivity index (χ0) is 19.8. The summed E-state index contributed by atoms with van der Waals surface area (Å²) in [5.41, 5.74) is 6.53. The molecule has 1 aromatic heterocycles. The molecule has 140 valence electrons. The van der Waals surface area contributed by atoms with Crippen LogP contribution < -0.4 is 0 Å². The van der Waals surface area contributed by atoms with Crippen LogP contribution in [0.3, 0.4) is 0 Å². The van der Waals surface area contributed by atoms with E-state index in [1.807, 2.05) is 63.2 Å². The first-order chi connectivity index (χ1) is 13.4. The number of aromatic hydroxyl groups is 1. The van der Waals surface area contributed by atoms with Gasteiger partial charge in [-0.3, -0.25) is 4.99 Å². The number of phenols is 1. The lowest BCUT2D eigenvalue weighted by molar-refractivity contribution is 0.473. The smallest absolute Gasteiger partial charge is 0.227 e. The van der Waals surface area contributed by atoms with E-state index in [-0.39, 0.29) is 5.75 Å². The van der Waals surface area contributed by atoms with Gasteiger partial charge < -0.3 is 9.52 Å². The first kappa shape index (κ1) is 18.3. The molecular formula is C23H19ClN2O2. The van der Waals surface area contributed by atoms with Gasteiger partial charge in [0.2, 0.25) is 5.89 Å². The molecule has 0 fully saturated rings. The van der Waals surface area contributed by atoms with Gasteiger partial charge in [-0.2, -0.15) is 0 Å². The van der Waals surface area contributed by atoms with Crippen molar-refractivity contribution in [2.45, 2.75) is 20.8 Å². The Bertz CT molecular complexity index is 1220. The van der Waals surface area contributed by atoms with Crippen molar-refractivity contribution >= 4 is 34.6 Å². The third-order valence-electron chi connectivity index (χ3n) is 4.69. The summed E-state index contributed by atoms with van der Waals surface area (Å²) in [7, 11) is 0. The topological polar surface area (TPSA) is 58.6 Å². The molecule has 0 atom stereocenters. The standard InChI is InChI=1S/C23H19ClN2O2/c1-13-7-8-21-19(9-13)26-23(28-21)16-5-4-6-17(11-16)25-12-18-15(3)22(24)14(2)10-20(18)27/h4-12,27H,1-3H3. The van der Waals surface area contributed by atoms with Crippen molar-refractivity contribution < 1.29 is 9.52 Å². The molecule has 28 heavy (non-hydrogen) atoms. The van der Waals surface area contributed by atoms with Crippen LogP contribution in [0.1, 0.15) is 22.3 Å². The summed E-state index contributed by atoms with van der Waals surface area (Å²) in [4.78, 5) is 9.09. The molecule has 1 N–H and O–H groups in total. The van der Waals surface area contributed by atoms with Gasteiger partial charge in [-0.15, -0.1) is 0 Å². The first-order valence-electron chi connectivity index (χ1n) is 8.93. The second-order valence-corrected chi connectivity index (χ2v) is 7.24. The fraction of sp³-hybridized carbons (Fsp3) is 0.130. The summed E-state index contributed by atoms with van der Waals surface area (Å²) in [5, 5.41) is 10.9. The third kappa shape index (κ3) is 3.39. The van der Waals surface area contributed by atoms with E-state index < -0.39 is 0 Å². The van der Waals surface area contributed by atoms with Crippen LogP contribution in [0.15, 0.2) is 57.9 Å². The summed E-state index contributed by atoms with van der Waals surface area (Å²) in [5.74, 6) is 0.712. The van der Waals surface area contributed by atoms with E-state index in [1.165, 1.54) is 0 Å². The number of aliphatic imine (C=N–C) groups is 1. The number of oxazole rings is 1. The lowest BCUT2D eigenvalue weighted by Gasteiger charge is -2.08. The number of aromatic nitrogens is 1. The minimum Gasteiger partial charge on any atom is -0.507 e. The van der Waals surface area contributed by atoms with Gasteiger partial charge in [-0.05, 0) is 73.9 Å². The summed E-state index contributed by atoms with van der Waals surface area (Å²) in [6.45, 7) is 5.76. The Morgan fingerprint density at radius 1 is 1.07 bits per heavy atom. The third-order valence-corrected chi connectivity index (χ3v) is 5.27. The molecular weight excluding hydrogens is 372 g/mol. The minimum absolute atomic E-state index is 0.161. The molecule has 0 aliphatic heterocycles. The van der Waals surface area contributed by atoms with Crippen molar-refractivity contribution in [3.8, 4) is 17.2 Å². The Morgan fingerprint density at radius 3 is 2.71 bits per heavy atom. The molecule has 0 saturated carbocycles. The maximum atomic E-state index is 10.2. The maximum Gasteiger partial charge on any atom is 0.227 e. The highest BCUT2D eigenvalue weighted by molar-refractivity contribution is 6.32.